The van der Waals surface area contributed by atoms with Gasteiger partial charge in [-0.2, -0.15) is 0 Å². The zero-order chi connectivity index (χ0) is 12.2. The number of alkyl halides is 1. The Kier molecular flexibility index (Phi) is 4.74. The standard InChI is InChI=1S/C11H17ClN2OS/c1-8-9(16-7-14-8)10(15)13-6-11(2,3)4-5-12/h7H,4-6H2,1-3H3,(H,13,15). The van der Waals surface area contributed by atoms with Crippen molar-refractivity contribution >= 4 is 28.8 Å². The molecule has 0 aliphatic carbocycles. The third kappa shape index (κ3) is 3.76. The molecular weight excluding hydrogens is 244 g/mol. The van der Waals surface area contributed by atoms with Crippen molar-refractivity contribution in [1.29, 1.82) is 0 Å². The van der Waals surface area contributed by atoms with Crippen LogP contribution in [0, 0.1) is 12.3 Å². The third-order valence-corrected chi connectivity index (χ3v) is 3.57. The Morgan fingerprint density at radius 2 is 2.31 bits per heavy atom. The van der Waals surface area contributed by atoms with Crippen LogP contribution in [0.5, 0.6) is 0 Å². The van der Waals surface area contributed by atoms with Crippen LogP contribution in [0.4, 0.5) is 0 Å². The number of hydrogen-bond acceptors (Lipinski definition) is 3. The summed E-state index contributed by atoms with van der Waals surface area (Å²) in [5, 5.41) is 2.92. The number of hydrogen-bond donors (Lipinski definition) is 1. The first kappa shape index (κ1) is 13.5. The molecule has 3 nitrogen and oxygen atoms in total. The van der Waals surface area contributed by atoms with Crippen LogP contribution in [-0.4, -0.2) is 23.3 Å². The second-order valence-electron chi connectivity index (χ2n) is 4.55. The number of carbonyl (C=O) groups is 1. The van der Waals surface area contributed by atoms with Gasteiger partial charge in [0.05, 0.1) is 11.2 Å². The van der Waals surface area contributed by atoms with Crippen LogP contribution in [-0.2, 0) is 0 Å². The van der Waals surface area contributed by atoms with E-state index in [2.05, 4.69) is 24.1 Å². The number of amides is 1. The highest BCUT2D eigenvalue weighted by molar-refractivity contribution is 7.11. The molecule has 0 unspecified atom stereocenters. The van der Waals surface area contributed by atoms with Crippen LogP contribution >= 0.6 is 22.9 Å². The lowest BCUT2D eigenvalue weighted by molar-refractivity contribution is 0.0939. The van der Waals surface area contributed by atoms with Crippen molar-refractivity contribution in [1.82, 2.24) is 10.3 Å². The molecule has 0 bridgehead atoms. The van der Waals surface area contributed by atoms with E-state index in [1.165, 1.54) is 11.3 Å². The van der Waals surface area contributed by atoms with Crippen molar-refractivity contribution in [2.45, 2.75) is 27.2 Å². The van der Waals surface area contributed by atoms with Gasteiger partial charge < -0.3 is 5.32 Å². The van der Waals surface area contributed by atoms with Gasteiger partial charge in [-0.05, 0) is 18.8 Å². The molecule has 1 rings (SSSR count). The lowest BCUT2D eigenvalue weighted by Gasteiger charge is -2.23. The van der Waals surface area contributed by atoms with Crippen molar-refractivity contribution in [3.8, 4) is 0 Å². The number of halogens is 1. The van der Waals surface area contributed by atoms with Crippen molar-refractivity contribution in [3.63, 3.8) is 0 Å². The van der Waals surface area contributed by atoms with E-state index in [4.69, 9.17) is 11.6 Å². The van der Waals surface area contributed by atoms with E-state index in [-0.39, 0.29) is 11.3 Å². The van der Waals surface area contributed by atoms with Crippen LogP contribution in [0.2, 0.25) is 0 Å². The topological polar surface area (TPSA) is 42.0 Å². The Bertz CT molecular complexity index is 363. The fourth-order valence-electron chi connectivity index (χ4n) is 1.26. The summed E-state index contributed by atoms with van der Waals surface area (Å²) in [7, 11) is 0. The van der Waals surface area contributed by atoms with Gasteiger partial charge in [0.25, 0.3) is 5.91 Å². The molecule has 0 radical (unpaired) electrons. The molecule has 1 aromatic rings. The van der Waals surface area contributed by atoms with Gasteiger partial charge in [0.15, 0.2) is 0 Å². The van der Waals surface area contributed by atoms with Crippen molar-refractivity contribution in [2.75, 3.05) is 12.4 Å². The van der Waals surface area contributed by atoms with Gasteiger partial charge in [-0.1, -0.05) is 13.8 Å². The zero-order valence-corrected chi connectivity index (χ0v) is 11.4. The van der Waals surface area contributed by atoms with E-state index in [1.807, 2.05) is 6.92 Å². The molecule has 0 aliphatic rings. The summed E-state index contributed by atoms with van der Waals surface area (Å²) < 4.78 is 0. The summed E-state index contributed by atoms with van der Waals surface area (Å²) >= 11 is 7.08. The first-order valence-corrected chi connectivity index (χ1v) is 6.62. The molecule has 5 heteroatoms. The lowest BCUT2D eigenvalue weighted by Crippen LogP contribution is -2.34. The number of thiazole rings is 1. The number of rotatable bonds is 5. The van der Waals surface area contributed by atoms with E-state index in [9.17, 15) is 4.79 Å². The highest BCUT2D eigenvalue weighted by atomic mass is 35.5. The maximum absolute atomic E-state index is 11.8. The number of aromatic nitrogens is 1. The largest absolute Gasteiger partial charge is 0.351 e. The van der Waals surface area contributed by atoms with Gasteiger partial charge in [0.1, 0.15) is 4.88 Å². The maximum Gasteiger partial charge on any atom is 0.263 e. The second-order valence-corrected chi connectivity index (χ2v) is 5.79. The SMILES string of the molecule is Cc1ncsc1C(=O)NCC(C)(C)CCCl. The molecule has 0 saturated carbocycles. The predicted molar refractivity (Wildman–Crippen MR) is 68.3 cm³/mol. The Morgan fingerprint density at radius 3 is 2.81 bits per heavy atom. The summed E-state index contributed by atoms with van der Waals surface area (Å²) in [4.78, 5) is 16.6. The van der Waals surface area contributed by atoms with Gasteiger partial charge in [0, 0.05) is 12.4 Å². The molecule has 0 atom stereocenters. The molecule has 1 heterocycles. The highest BCUT2D eigenvalue weighted by Gasteiger charge is 2.19. The minimum absolute atomic E-state index is 0.0377. The van der Waals surface area contributed by atoms with Crippen LogP contribution in [0.3, 0.4) is 0 Å². The second kappa shape index (κ2) is 5.64. The molecule has 1 aromatic heterocycles. The molecule has 0 aliphatic heterocycles. The molecule has 90 valence electrons. The Hall–Kier alpha value is -0.610. The van der Waals surface area contributed by atoms with E-state index in [0.29, 0.717) is 17.3 Å². The average molecular weight is 261 g/mol. The van der Waals surface area contributed by atoms with Gasteiger partial charge in [0.2, 0.25) is 0 Å². The van der Waals surface area contributed by atoms with Crippen LogP contribution in [0.1, 0.15) is 35.6 Å². The van der Waals surface area contributed by atoms with E-state index in [1.54, 1.807) is 5.51 Å². The molecule has 0 aromatic carbocycles. The van der Waals surface area contributed by atoms with Crippen LogP contribution in [0.15, 0.2) is 5.51 Å². The Balaban J connectivity index is 2.51. The van der Waals surface area contributed by atoms with Crippen molar-refractivity contribution in [3.05, 3.63) is 16.1 Å². The Labute approximate surface area is 105 Å². The smallest absolute Gasteiger partial charge is 0.263 e. The summed E-state index contributed by atoms with van der Waals surface area (Å²) in [6, 6.07) is 0. The van der Waals surface area contributed by atoms with E-state index in [0.717, 1.165) is 12.1 Å². The lowest BCUT2D eigenvalue weighted by atomic mass is 9.90. The third-order valence-electron chi connectivity index (χ3n) is 2.45. The van der Waals surface area contributed by atoms with E-state index >= 15 is 0 Å². The minimum Gasteiger partial charge on any atom is -0.351 e. The fraction of sp³-hybridized carbons (Fsp3) is 0.636. The first-order chi connectivity index (χ1) is 7.46. The number of nitrogens with one attached hydrogen (secondary N) is 1. The van der Waals surface area contributed by atoms with Crippen LogP contribution in [0.25, 0.3) is 0 Å². The summed E-state index contributed by atoms with van der Waals surface area (Å²) in [6.45, 7) is 6.66. The minimum atomic E-state index is -0.0392. The summed E-state index contributed by atoms with van der Waals surface area (Å²) in [5.74, 6) is 0.574. The molecular formula is C11H17ClN2OS. The van der Waals surface area contributed by atoms with Crippen molar-refractivity contribution < 1.29 is 4.79 Å². The maximum atomic E-state index is 11.8. The Morgan fingerprint density at radius 1 is 1.62 bits per heavy atom. The highest BCUT2D eigenvalue weighted by Crippen LogP contribution is 2.20. The van der Waals surface area contributed by atoms with Gasteiger partial charge in [-0.25, -0.2) is 4.98 Å². The molecule has 0 saturated heterocycles. The molecule has 1 amide bonds. The molecule has 0 fully saturated rings. The zero-order valence-electron chi connectivity index (χ0n) is 9.84. The summed E-state index contributed by atoms with van der Waals surface area (Å²) in [6.07, 6.45) is 0.885. The van der Waals surface area contributed by atoms with Gasteiger partial charge in [-0.15, -0.1) is 22.9 Å². The number of carbonyl (C=O) groups excluding carboxylic acids is 1. The predicted octanol–water partition coefficient (Wildman–Crippen LogP) is 2.84. The van der Waals surface area contributed by atoms with Crippen LogP contribution < -0.4 is 5.32 Å². The average Bonchev–Trinajstić information content (AvgIpc) is 2.61. The molecule has 1 N–H and O–H groups in total. The monoisotopic (exact) mass is 260 g/mol. The number of nitrogens with zero attached hydrogens (tertiary/aromatic N) is 1. The molecule has 0 spiro atoms. The first-order valence-electron chi connectivity index (χ1n) is 5.20. The number of aryl methyl sites for hydroxylation is 1. The van der Waals surface area contributed by atoms with Gasteiger partial charge in [-0.3, -0.25) is 4.79 Å². The normalized spacial score (nSPS) is 11.5. The van der Waals surface area contributed by atoms with Gasteiger partial charge >= 0.3 is 0 Å². The quantitative estimate of drug-likeness (QED) is 0.828. The molecule has 16 heavy (non-hydrogen) atoms. The summed E-state index contributed by atoms with van der Waals surface area (Å²) in [5.41, 5.74) is 2.52. The van der Waals surface area contributed by atoms with Crippen molar-refractivity contribution in [2.24, 2.45) is 5.41 Å². The fourth-order valence-corrected chi connectivity index (χ4v) is 2.49. The van der Waals surface area contributed by atoms with E-state index < -0.39 is 0 Å².